The molecule has 1 fully saturated rings. The van der Waals surface area contributed by atoms with Gasteiger partial charge in [-0.1, -0.05) is 17.7 Å². The standard InChI is InChI=1S/C15H22N2O3/c1-10-3-5-13(6-4-10)20-11(2)8-17-15(19)14-7-12(18)9-16-14/h3-6,11-12,14,16,18H,7-9H2,1-2H3,(H,17,19)/t11-,12-,14-/m1/s1. The van der Waals surface area contributed by atoms with E-state index in [1.165, 1.54) is 5.56 Å². The molecule has 2 rings (SSSR count). The molecule has 1 aromatic carbocycles. The molecular weight excluding hydrogens is 256 g/mol. The van der Waals surface area contributed by atoms with Gasteiger partial charge in [0.2, 0.25) is 5.91 Å². The quantitative estimate of drug-likeness (QED) is 0.738. The first-order valence-electron chi connectivity index (χ1n) is 6.97. The van der Waals surface area contributed by atoms with Crippen molar-refractivity contribution >= 4 is 5.91 Å². The van der Waals surface area contributed by atoms with Crippen LogP contribution in [0.5, 0.6) is 5.75 Å². The summed E-state index contributed by atoms with van der Waals surface area (Å²) in [5, 5.41) is 15.2. The predicted octanol–water partition coefficient (Wildman–Crippen LogP) is 0.601. The average molecular weight is 278 g/mol. The third kappa shape index (κ3) is 4.21. The number of nitrogens with one attached hydrogen (secondary N) is 2. The number of ether oxygens (including phenoxy) is 1. The van der Waals surface area contributed by atoms with Crippen LogP contribution >= 0.6 is 0 Å². The summed E-state index contributed by atoms with van der Waals surface area (Å²) in [5.41, 5.74) is 1.18. The van der Waals surface area contributed by atoms with Gasteiger partial charge in [-0.05, 0) is 32.4 Å². The Morgan fingerprint density at radius 3 is 2.80 bits per heavy atom. The van der Waals surface area contributed by atoms with Gasteiger partial charge in [0.25, 0.3) is 0 Å². The molecule has 5 nitrogen and oxygen atoms in total. The Kier molecular flexibility index (Phi) is 4.98. The number of carbonyl (C=O) groups is 1. The molecule has 1 amide bonds. The second-order valence-electron chi connectivity index (χ2n) is 5.34. The summed E-state index contributed by atoms with van der Waals surface area (Å²) in [6, 6.07) is 7.52. The molecule has 0 aliphatic carbocycles. The van der Waals surface area contributed by atoms with E-state index in [0.717, 1.165) is 5.75 Å². The van der Waals surface area contributed by atoms with Crippen LogP contribution < -0.4 is 15.4 Å². The van der Waals surface area contributed by atoms with E-state index in [1.807, 2.05) is 38.1 Å². The van der Waals surface area contributed by atoms with Gasteiger partial charge in [-0.2, -0.15) is 0 Å². The third-order valence-corrected chi connectivity index (χ3v) is 3.35. The van der Waals surface area contributed by atoms with Gasteiger partial charge < -0.3 is 20.5 Å². The lowest BCUT2D eigenvalue weighted by Gasteiger charge is -2.17. The first kappa shape index (κ1) is 14.8. The van der Waals surface area contributed by atoms with Crippen molar-refractivity contribution in [3.63, 3.8) is 0 Å². The van der Waals surface area contributed by atoms with Crippen LogP contribution in [0.3, 0.4) is 0 Å². The van der Waals surface area contributed by atoms with Crippen LogP contribution in [0.4, 0.5) is 0 Å². The first-order valence-corrected chi connectivity index (χ1v) is 6.97. The zero-order valence-electron chi connectivity index (χ0n) is 11.9. The summed E-state index contributed by atoms with van der Waals surface area (Å²) < 4.78 is 5.72. The molecule has 0 aromatic heterocycles. The molecule has 1 aliphatic rings. The van der Waals surface area contributed by atoms with E-state index >= 15 is 0 Å². The van der Waals surface area contributed by atoms with E-state index in [0.29, 0.717) is 19.5 Å². The normalized spacial score (nSPS) is 23.4. The minimum Gasteiger partial charge on any atom is -0.489 e. The summed E-state index contributed by atoms with van der Waals surface area (Å²) in [4.78, 5) is 11.9. The molecule has 1 heterocycles. The Labute approximate surface area is 119 Å². The van der Waals surface area contributed by atoms with Crippen LogP contribution in [0.25, 0.3) is 0 Å². The molecule has 0 bridgehead atoms. The van der Waals surface area contributed by atoms with Gasteiger partial charge in [0.1, 0.15) is 11.9 Å². The lowest BCUT2D eigenvalue weighted by atomic mass is 10.2. The number of rotatable bonds is 5. The van der Waals surface area contributed by atoms with Crippen molar-refractivity contribution in [2.24, 2.45) is 0 Å². The maximum Gasteiger partial charge on any atom is 0.237 e. The molecule has 3 N–H and O–H groups in total. The molecule has 1 aromatic rings. The highest BCUT2D eigenvalue weighted by atomic mass is 16.5. The van der Waals surface area contributed by atoms with Crippen LogP contribution in [-0.2, 0) is 4.79 Å². The number of aryl methyl sites for hydroxylation is 1. The lowest BCUT2D eigenvalue weighted by molar-refractivity contribution is -0.123. The van der Waals surface area contributed by atoms with Crippen LogP contribution in [0.1, 0.15) is 18.9 Å². The lowest BCUT2D eigenvalue weighted by Crippen LogP contribution is -2.43. The van der Waals surface area contributed by atoms with Gasteiger partial charge in [0.15, 0.2) is 0 Å². The first-order chi connectivity index (χ1) is 9.54. The second-order valence-corrected chi connectivity index (χ2v) is 5.34. The summed E-state index contributed by atoms with van der Waals surface area (Å²) in [7, 11) is 0. The van der Waals surface area contributed by atoms with Crippen molar-refractivity contribution in [2.75, 3.05) is 13.1 Å². The fourth-order valence-electron chi connectivity index (χ4n) is 2.18. The van der Waals surface area contributed by atoms with E-state index in [-0.39, 0.29) is 18.1 Å². The third-order valence-electron chi connectivity index (χ3n) is 3.35. The minimum absolute atomic E-state index is 0.0825. The molecule has 0 spiro atoms. The molecule has 1 aliphatic heterocycles. The highest BCUT2D eigenvalue weighted by molar-refractivity contribution is 5.82. The number of hydrogen-bond donors (Lipinski definition) is 3. The number of aliphatic hydroxyl groups excluding tert-OH is 1. The Bertz CT molecular complexity index is 447. The molecule has 110 valence electrons. The van der Waals surface area contributed by atoms with E-state index < -0.39 is 6.10 Å². The van der Waals surface area contributed by atoms with Crippen molar-refractivity contribution in [3.8, 4) is 5.75 Å². The van der Waals surface area contributed by atoms with Gasteiger partial charge in [0.05, 0.1) is 18.7 Å². The fraction of sp³-hybridized carbons (Fsp3) is 0.533. The highest BCUT2D eigenvalue weighted by Crippen LogP contribution is 2.13. The number of carbonyl (C=O) groups excluding carboxylic acids is 1. The van der Waals surface area contributed by atoms with Crippen LogP contribution in [0, 0.1) is 6.92 Å². The van der Waals surface area contributed by atoms with Crippen LogP contribution in [0.15, 0.2) is 24.3 Å². The van der Waals surface area contributed by atoms with Gasteiger partial charge >= 0.3 is 0 Å². The number of amides is 1. The zero-order valence-corrected chi connectivity index (χ0v) is 11.9. The molecule has 20 heavy (non-hydrogen) atoms. The van der Waals surface area contributed by atoms with Crippen molar-refractivity contribution in [2.45, 2.75) is 38.5 Å². The minimum atomic E-state index is -0.424. The second kappa shape index (κ2) is 6.72. The maximum atomic E-state index is 11.9. The zero-order chi connectivity index (χ0) is 14.5. The topological polar surface area (TPSA) is 70.6 Å². The van der Waals surface area contributed by atoms with E-state index in [4.69, 9.17) is 4.74 Å². The fourth-order valence-corrected chi connectivity index (χ4v) is 2.18. The monoisotopic (exact) mass is 278 g/mol. The Morgan fingerprint density at radius 2 is 2.20 bits per heavy atom. The summed E-state index contributed by atoms with van der Waals surface area (Å²) in [6.45, 7) is 4.86. The molecule has 1 saturated heterocycles. The van der Waals surface area contributed by atoms with Crippen LogP contribution in [0.2, 0.25) is 0 Å². The highest BCUT2D eigenvalue weighted by Gasteiger charge is 2.27. The Hall–Kier alpha value is -1.59. The van der Waals surface area contributed by atoms with Crippen molar-refractivity contribution in [1.29, 1.82) is 0 Å². The van der Waals surface area contributed by atoms with Gasteiger partial charge in [0, 0.05) is 6.54 Å². The smallest absolute Gasteiger partial charge is 0.237 e. The number of aliphatic hydroxyl groups is 1. The molecule has 5 heteroatoms. The van der Waals surface area contributed by atoms with E-state index in [2.05, 4.69) is 10.6 Å². The van der Waals surface area contributed by atoms with Gasteiger partial charge in [-0.3, -0.25) is 4.79 Å². The van der Waals surface area contributed by atoms with Crippen molar-refractivity contribution in [3.05, 3.63) is 29.8 Å². The van der Waals surface area contributed by atoms with Crippen molar-refractivity contribution in [1.82, 2.24) is 10.6 Å². The Balaban J connectivity index is 1.73. The molecule has 0 saturated carbocycles. The number of benzene rings is 1. The Morgan fingerprint density at radius 1 is 1.50 bits per heavy atom. The molecule has 0 radical (unpaired) electrons. The molecule has 3 atom stereocenters. The van der Waals surface area contributed by atoms with Crippen LogP contribution in [-0.4, -0.2) is 42.4 Å². The summed E-state index contributed by atoms with van der Waals surface area (Å²) >= 11 is 0. The maximum absolute atomic E-state index is 11.9. The number of hydrogen-bond acceptors (Lipinski definition) is 4. The van der Waals surface area contributed by atoms with E-state index in [1.54, 1.807) is 0 Å². The molecule has 0 unspecified atom stereocenters. The largest absolute Gasteiger partial charge is 0.489 e. The molecular formula is C15H22N2O3. The number of β-amino-alcohol motifs (C(OH)–C–C–N with tert-alkyl or cyclic N) is 1. The van der Waals surface area contributed by atoms with Gasteiger partial charge in [-0.15, -0.1) is 0 Å². The van der Waals surface area contributed by atoms with Gasteiger partial charge in [-0.25, -0.2) is 0 Å². The average Bonchev–Trinajstić information content (AvgIpc) is 2.85. The predicted molar refractivity (Wildman–Crippen MR) is 76.7 cm³/mol. The SMILES string of the molecule is Cc1ccc(O[C@H](C)CNC(=O)[C@H]2C[C@@H](O)CN2)cc1. The summed E-state index contributed by atoms with van der Waals surface area (Å²) in [5.74, 6) is 0.715. The van der Waals surface area contributed by atoms with Crippen molar-refractivity contribution < 1.29 is 14.6 Å². The summed E-state index contributed by atoms with van der Waals surface area (Å²) in [6.07, 6.45) is -0.0565. The van der Waals surface area contributed by atoms with E-state index in [9.17, 15) is 9.90 Å².